The molecule has 0 aromatic carbocycles. The van der Waals surface area contributed by atoms with E-state index < -0.39 is 0 Å². The highest BCUT2D eigenvalue weighted by atomic mass is 32.2. The van der Waals surface area contributed by atoms with E-state index in [9.17, 15) is 4.79 Å². The molecule has 2 saturated heterocycles. The SMILES string of the molecule is O=C(C1CCCC1)C1CC2CCC(C1)S2. The number of Topliss-reactive ketones (excluding diaryl/α,β-unsaturated/α-hetero) is 1. The molecule has 2 bridgehead atoms. The van der Waals surface area contributed by atoms with Crippen LogP contribution in [0.4, 0.5) is 0 Å². The van der Waals surface area contributed by atoms with Gasteiger partial charge in [0.25, 0.3) is 0 Å². The molecule has 0 aromatic rings. The third-order valence-corrected chi connectivity index (χ3v) is 6.08. The van der Waals surface area contributed by atoms with Gasteiger partial charge in [-0.25, -0.2) is 0 Å². The van der Waals surface area contributed by atoms with Crippen LogP contribution in [0.3, 0.4) is 0 Å². The fraction of sp³-hybridized carbons (Fsp3) is 0.923. The van der Waals surface area contributed by atoms with E-state index in [1.807, 2.05) is 0 Å². The molecular formula is C13H20OS. The van der Waals surface area contributed by atoms with Gasteiger partial charge in [0.15, 0.2) is 0 Å². The highest BCUT2D eigenvalue weighted by molar-refractivity contribution is 8.00. The molecule has 3 rings (SSSR count). The van der Waals surface area contributed by atoms with Gasteiger partial charge < -0.3 is 0 Å². The molecule has 0 aromatic heterocycles. The quantitative estimate of drug-likeness (QED) is 0.715. The molecule has 2 heterocycles. The Labute approximate surface area is 96.4 Å². The van der Waals surface area contributed by atoms with E-state index >= 15 is 0 Å². The number of thioether (sulfide) groups is 1. The fourth-order valence-corrected chi connectivity index (χ4v) is 5.41. The Morgan fingerprint density at radius 1 is 0.867 bits per heavy atom. The zero-order valence-corrected chi connectivity index (χ0v) is 10.1. The first-order valence-corrected chi connectivity index (χ1v) is 7.46. The van der Waals surface area contributed by atoms with Crippen molar-refractivity contribution in [1.29, 1.82) is 0 Å². The summed E-state index contributed by atoms with van der Waals surface area (Å²) in [5.74, 6) is 1.55. The van der Waals surface area contributed by atoms with E-state index in [0.717, 1.165) is 10.5 Å². The predicted molar refractivity (Wildman–Crippen MR) is 64.1 cm³/mol. The van der Waals surface area contributed by atoms with Crippen molar-refractivity contribution in [1.82, 2.24) is 0 Å². The molecule has 1 nitrogen and oxygen atoms in total. The van der Waals surface area contributed by atoms with Gasteiger partial charge in [-0.1, -0.05) is 12.8 Å². The lowest BCUT2D eigenvalue weighted by Crippen LogP contribution is -2.28. The van der Waals surface area contributed by atoms with Crippen molar-refractivity contribution in [3.05, 3.63) is 0 Å². The van der Waals surface area contributed by atoms with Crippen molar-refractivity contribution in [3.8, 4) is 0 Å². The smallest absolute Gasteiger partial charge is 0.139 e. The van der Waals surface area contributed by atoms with Crippen LogP contribution in [-0.4, -0.2) is 16.3 Å². The first kappa shape index (κ1) is 10.2. The van der Waals surface area contributed by atoms with Crippen LogP contribution >= 0.6 is 11.8 Å². The molecule has 3 fully saturated rings. The Kier molecular flexibility index (Phi) is 2.80. The molecule has 2 atom stereocenters. The minimum Gasteiger partial charge on any atom is -0.299 e. The van der Waals surface area contributed by atoms with E-state index in [1.165, 1.54) is 51.4 Å². The third-order valence-electron chi connectivity index (χ3n) is 4.45. The van der Waals surface area contributed by atoms with Crippen LogP contribution in [-0.2, 0) is 4.79 Å². The van der Waals surface area contributed by atoms with Crippen molar-refractivity contribution in [3.63, 3.8) is 0 Å². The second-order valence-electron chi connectivity index (χ2n) is 5.51. The minimum absolute atomic E-state index is 0.451. The van der Waals surface area contributed by atoms with Crippen molar-refractivity contribution < 1.29 is 4.79 Å². The van der Waals surface area contributed by atoms with Gasteiger partial charge in [-0.15, -0.1) is 0 Å². The lowest BCUT2D eigenvalue weighted by atomic mass is 9.86. The summed E-state index contributed by atoms with van der Waals surface area (Å²) in [6, 6.07) is 0. The van der Waals surface area contributed by atoms with Gasteiger partial charge in [0.05, 0.1) is 0 Å². The highest BCUT2D eigenvalue weighted by Gasteiger charge is 2.39. The molecule has 1 saturated carbocycles. The van der Waals surface area contributed by atoms with Crippen LogP contribution < -0.4 is 0 Å². The Morgan fingerprint density at radius 3 is 2.07 bits per heavy atom. The summed E-state index contributed by atoms with van der Waals surface area (Å²) >= 11 is 2.16. The Balaban J connectivity index is 1.64. The number of ketones is 1. The Morgan fingerprint density at radius 2 is 1.47 bits per heavy atom. The molecule has 2 unspecified atom stereocenters. The van der Waals surface area contributed by atoms with E-state index in [-0.39, 0.29) is 0 Å². The van der Waals surface area contributed by atoms with Crippen molar-refractivity contribution in [2.45, 2.75) is 61.9 Å². The summed E-state index contributed by atoms with van der Waals surface area (Å²) < 4.78 is 0. The standard InChI is InChI=1S/C13H20OS/c14-13(9-3-1-2-4-9)10-7-11-5-6-12(8-10)15-11/h9-12H,1-8H2. The molecule has 15 heavy (non-hydrogen) atoms. The normalized spacial score (nSPS) is 40.9. The third kappa shape index (κ3) is 1.98. The number of carbonyl (C=O) groups is 1. The van der Waals surface area contributed by atoms with E-state index in [2.05, 4.69) is 11.8 Å². The van der Waals surface area contributed by atoms with Gasteiger partial charge in [0, 0.05) is 22.3 Å². The summed E-state index contributed by atoms with van der Waals surface area (Å²) in [5, 5.41) is 1.67. The van der Waals surface area contributed by atoms with Crippen LogP contribution in [0.25, 0.3) is 0 Å². The van der Waals surface area contributed by atoms with E-state index in [4.69, 9.17) is 0 Å². The maximum atomic E-state index is 12.3. The fourth-order valence-electron chi connectivity index (χ4n) is 3.63. The van der Waals surface area contributed by atoms with Gasteiger partial charge in [-0.05, 0) is 38.5 Å². The predicted octanol–water partition coefficient (Wildman–Crippen LogP) is 3.42. The molecule has 3 aliphatic rings. The largest absolute Gasteiger partial charge is 0.299 e. The van der Waals surface area contributed by atoms with Gasteiger partial charge in [-0.2, -0.15) is 11.8 Å². The monoisotopic (exact) mass is 224 g/mol. The molecule has 2 aliphatic heterocycles. The number of fused-ring (bicyclic) bond motifs is 2. The molecule has 0 amide bonds. The summed E-state index contributed by atoms with van der Waals surface area (Å²) in [6.45, 7) is 0. The lowest BCUT2D eigenvalue weighted by Gasteiger charge is -2.28. The average Bonchev–Trinajstić information content (AvgIpc) is 2.87. The summed E-state index contributed by atoms with van der Waals surface area (Å²) in [7, 11) is 0. The molecule has 0 radical (unpaired) electrons. The number of carbonyl (C=O) groups excluding carboxylic acids is 1. The van der Waals surface area contributed by atoms with E-state index in [0.29, 0.717) is 17.6 Å². The van der Waals surface area contributed by atoms with Crippen molar-refractivity contribution in [2.75, 3.05) is 0 Å². The van der Waals surface area contributed by atoms with Gasteiger partial charge in [-0.3, -0.25) is 4.79 Å². The first-order valence-electron chi connectivity index (χ1n) is 6.52. The van der Waals surface area contributed by atoms with Crippen molar-refractivity contribution in [2.24, 2.45) is 11.8 Å². The highest BCUT2D eigenvalue weighted by Crippen LogP contribution is 2.47. The number of hydrogen-bond acceptors (Lipinski definition) is 2. The zero-order chi connectivity index (χ0) is 10.3. The molecule has 84 valence electrons. The van der Waals surface area contributed by atoms with Crippen LogP contribution in [0.5, 0.6) is 0 Å². The summed E-state index contributed by atoms with van der Waals surface area (Å²) in [6.07, 6.45) is 10.1. The number of rotatable bonds is 2. The van der Waals surface area contributed by atoms with Crippen LogP contribution in [0, 0.1) is 11.8 Å². The van der Waals surface area contributed by atoms with E-state index in [1.54, 1.807) is 0 Å². The zero-order valence-electron chi connectivity index (χ0n) is 9.28. The van der Waals surface area contributed by atoms with Crippen LogP contribution in [0.1, 0.15) is 51.4 Å². The van der Waals surface area contributed by atoms with Crippen LogP contribution in [0.15, 0.2) is 0 Å². The Hall–Kier alpha value is 0.0200. The molecule has 0 spiro atoms. The topological polar surface area (TPSA) is 17.1 Å². The number of hydrogen-bond donors (Lipinski definition) is 0. The minimum atomic E-state index is 0.451. The van der Waals surface area contributed by atoms with Gasteiger partial charge in [0.1, 0.15) is 5.78 Å². The first-order chi connectivity index (χ1) is 7.33. The van der Waals surface area contributed by atoms with Crippen molar-refractivity contribution >= 4 is 17.5 Å². The second kappa shape index (κ2) is 4.12. The molecular weight excluding hydrogens is 204 g/mol. The molecule has 1 aliphatic carbocycles. The lowest BCUT2D eigenvalue weighted by molar-refractivity contribution is -0.127. The van der Waals surface area contributed by atoms with Gasteiger partial charge >= 0.3 is 0 Å². The second-order valence-corrected chi connectivity index (χ2v) is 7.12. The maximum Gasteiger partial charge on any atom is 0.139 e. The Bertz CT molecular complexity index is 245. The maximum absolute atomic E-state index is 12.3. The summed E-state index contributed by atoms with van der Waals surface area (Å²) in [4.78, 5) is 12.3. The van der Waals surface area contributed by atoms with Gasteiger partial charge in [0.2, 0.25) is 0 Å². The molecule has 2 heteroatoms. The van der Waals surface area contributed by atoms with Crippen LogP contribution in [0.2, 0.25) is 0 Å². The summed E-state index contributed by atoms with van der Waals surface area (Å²) in [5.41, 5.74) is 0. The molecule has 0 N–H and O–H groups in total. The average molecular weight is 224 g/mol.